The molecule has 0 saturated carbocycles. The number of rotatable bonds is 2. The van der Waals surface area contributed by atoms with Crippen LogP contribution in [0, 0.1) is 11.8 Å². The zero-order chi connectivity index (χ0) is 15.2. The molecule has 0 aliphatic carbocycles. The second kappa shape index (κ2) is 7.03. The largest absolute Gasteiger partial charge is 0.405 e. The van der Waals surface area contributed by atoms with Crippen molar-refractivity contribution < 1.29 is 23.1 Å². The fourth-order valence-corrected chi connectivity index (χ4v) is 1.38. The number of aliphatic hydroxyl groups is 1. The van der Waals surface area contributed by atoms with E-state index in [1.165, 1.54) is 18.2 Å². The summed E-state index contributed by atoms with van der Waals surface area (Å²) in [4.78, 5) is 11.3. The van der Waals surface area contributed by atoms with E-state index in [-0.39, 0.29) is 17.3 Å². The summed E-state index contributed by atoms with van der Waals surface area (Å²) in [6.07, 6.45) is -4.49. The quantitative estimate of drug-likeness (QED) is 0.735. The summed E-state index contributed by atoms with van der Waals surface area (Å²) in [6, 6.07) is 3.29. The molecule has 0 atom stereocenters. The van der Waals surface area contributed by atoms with E-state index in [9.17, 15) is 18.0 Å². The maximum Gasteiger partial charge on any atom is 0.405 e. The van der Waals surface area contributed by atoms with Crippen LogP contribution in [0.25, 0.3) is 0 Å². The summed E-state index contributed by atoms with van der Waals surface area (Å²) in [5, 5.41) is 12.8. The summed E-state index contributed by atoms with van der Waals surface area (Å²) in [7, 11) is 0. The van der Waals surface area contributed by atoms with Crippen LogP contribution >= 0.6 is 11.6 Å². The highest BCUT2D eigenvalue weighted by Crippen LogP contribution is 2.20. The average Bonchev–Trinajstić information content (AvgIpc) is 2.35. The van der Waals surface area contributed by atoms with E-state index in [2.05, 4.69) is 17.2 Å². The molecule has 0 spiro atoms. The second-order valence-electron chi connectivity index (χ2n) is 3.57. The molecule has 2 amide bonds. The van der Waals surface area contributed by atoms with E-state index in [0.29, 0.717) is 5.56 Å². The highest BCUT2D eigenvalue weighted by Gasteiger charge is 2.27. The van der Waals surface area contributed by atoms with Gasteiger partial charge in [-0.25, -0.2) is 4.79 Å². The van der Waals surface area contributed by atoms with E-state index >= 15 is 0 Å². The van der Waals surface area contributed by atoms with Crippen LogP contribution in [0.3, 0.4) is 0 Å². The molecule has 0 aliphatic heterocycles. The summed E-state index contributed by atoms with van der Waals surface area (Å²) in [5.74, 6) is 4.91. The predicted molar refractivity (Wildman–Crippen MR) is 68.5 cm³/mol. The Kier molecular flexibility index (Phi) is 5.67. The van der Waals surface area contributed by atoms with Crippen LogP contribution in [-0.2, 0) is 0 Å². The predicted octanol–water partition coefficient (Wildman–Crippen LogP) is 2.37. The monoisotopic (exact) mass is 306 g/mol. The fraction of sp³-hybridized carbons (Fsp3) is 0.250. The third-order valence-electron chi connectivity index (χ3n) is 1.98. The van der Waals surface area contributed by atoms with Crippen molar-refractivity contribution in [1.82, 2.24) is 5.32 Å². The third-order valence-corrected chi connectivity index (χ3v) is 2.22. The van der Waals surface area contributed by atoms with Gasteiger partial charge >= 0.3 is 12.2 Å². The molecular formula is C12H10ClF3N2O2. The van der Waals surface area contributed by atoms with E-state index < -0.39 is 18.8 Å². The molecule has 0 radical (unpaired) electrons. The van der Waals surface area contributed by atoms with Gasteiger partial charge in [0.2, 0.25) is 0 Å². The van der Waals surface area contributed by atoms with Crippen molar-refractivity contribution in [3.05, 3.63) is 28.8 Å². The summed E-state index contributed by atoms with van der Waals surface area (Å²) >= 11 is 5.73. The topological polar surface area (TPSA) is 61.4 Å². The number of benzene rings is 1. The molecule has 1 rings (SSSR count). The second-order valence-corrected chi connectivity index (χ2v) is 4.01. The Labute approximate surface area is 117 Å². The molecule has 1 aromatic carbocycles. The number of anilines is 1. The van der Waals surface area contributed by atoms with Crippen molar-refractivity contribution in [2.24, 2.45) is 0 Å². The minimum atomic E-state index is -4.49. The van der Waals surface area contributed by atoms with Crippen LogP contribution in [0.5, 0.6) is 0 Å². The Morgan fingerprint density at radius 1 is 1.40 bits per heavy atom. The van der Waals surface area contributed by atoms with Gasteiger partial charge in [0.1, 0.15) is 13.2 Å². The first-order chi connectivity index (χ1) is 9.31. The lowest BCUT2D eigenvalue weighted by molar-refractivity contribution is -0.122. The number of hydrogen-bond acceptors (Lipinski definition) is 2. The Bertz CT molecular complexity index is 550. The van der Waals surface area contributed by atoms with Crippen molar-refractivity contribution in [3.8, 4) is 11.8 Å². The lowest BCUT2D eigenvalue weighted by Crippen LogP contribution is -2.36. The van der Waals surface area contributed by atoms with Crippen LogP contribution < -0.4 is 10.6 Å². The molecule has 0 aliphatic rings. The smallest absolute Gasteiger partial charge is 0.384 e. The molecule has 0 fully saturated rings. The number of nitrogens with one attached hydrogen (secondary N) is 2. The summed E-state index contributed by atoms with van der Waals surface area (Å²) in [5.41, 5.74) is 0.476. The average molecular weight is 307 g/mol. The van der Waals surface area contributed by atoms with E-state index in [4.69, 9.17) is 16.7 Å². The SMILES string of the molecule is O=C(NCC(F)(F)F)Nc1cc(Cl)ccc1C#CCO. The molecule has 108 valence electrons. The maximum absolute atomic E-state index is 12.0. The van der Waals surface area contributed by atoms with Gasteiger partial charge in [0.15, 0.2) is 0 Å². The van der Waals surface area contributed by atoms with E-state index in [1.807, 2.05) is 0 Å². The molecule has 3 N–H and O–H groups in total. The van der Waals surface area contributed by atoms with Crippen molar-refractivity contribution in [2.45, 2.75) is 6.18 Å². The Hall–Kier alpha value is -1.91. The van der Waals surface area contributed by atoms with Gasteiger partial charge in [0.05, 0.1) is 5.69 Å². The fourth-order valence-electron chi connectivity index (χ4n) is 1.21. The maximum atomic E-state index is 12.0. The molecule has 0 saturated heterocycles. The molecule has 0 bridgehead atoms. The van der Waals surface area contributed by atoms with Gasteiger partial charge in [-0.05, 0) is 18.2 Å². The third kappa shape index (κ3) is 5.82. The van der Waals surface area contributed by atoms with Crippen LogP contribution in [0.4, 0.5) is 23.7 Å². The Balaban J connectivity index is 2.80. The number of amides is 2. The van der Waals surface area contributed by atoms with Gasteiger partial charge in [-0.1, -0.05) is 23.4 Å². The molecule has 20 heavy (non-hydrogen) atoms. The summed E-state index contributed by atoms with van der Waals surface area (Å²) < 4.78 is 35.9. The number of carbonyl (C=O) groups is 1. The number of carbonyl (C=O) groups excluding carboxylic acids is 1. The highest BCUT2D eigenvalue weighted by molar-refractivity contribution is 6.31. The lowest BCUT2D eigenvalue weighted by atomic mass is 10.2. The van der Waals surface area contributed by atoms with Crippen molar-refractivity contribution in [1.29, 1.82) is 0 Å². The zero-order valence-electron chi connectivity index (χ0n) is 10.0. The molecule has 0 aromatic heterocycles. The van der Waals surface area contributed by atoms with Gasteiger partial charge in [0.25, 0.3) is 0 Å². The minimum Gasteiger partial charge on any atom is -0.384 e. The normalized spacial score (nSPS) is 10.4. The molecule has 8 heteroatoms. The van der Waals surface area contributed by atoms with Gasteiger partial charge in [-0.2, -0.15) is 13.2 Å². The number of halogens is 4. The minimum absolute atomic E-state index is 0.151. The van der Waals surface area contributed by atoms with Crippen molar-refractivity contribution in [2.75, 3.05) is 18.5 Å². The van der Waals surface area contributed by atoms with Gasteiger partial charge in [-0.15, -0.1) is 0 Å². The first-order valence-corrected chi connectivity index (χ1v) is 5.70. The molecule has 0 heterocycles. The van der Waals surface area contributed by atoms with Crippen molar-refractivity contribution in [3.63, 3.8) is 0 Å². The van der Waals surface area contributed by atoms with Gasteiger partial charge < -0.3 is 15.7 Å². The molecular weight excluding hydrogens is 297 g/mol. The van der Waals surface area contributed by atoms with E-state index in [1.54, 1.807) is 5.32 Å². The highest BCUT2D eigenvalue weighted by atomic mass is 35.5. The zero-order valence-corrected chi connectivity index (χ0v) is 10.8. The van der Waals surface area contributed by atoms with Crippen LogP contribution in [0.1, 0.15) is 5.56 Å². The Morgan fingerprint density at radius 3 is 2.70 bits per heavy atom. The first kappa shape index (κ1) is 16.1. The number of alkyl halides is 3. The standard InChI is InChI=1S/C12H10ClF3N2O2/c13-9-4-3-8(2-1-5-19)10(6-9)18-11(20)17-7-12(14,15)16/h3-4,6,19H,5,7H2,(H2,17,18,20). The van der Waals surface area contributed by atoms with Gasteiger partial charge in [-0.3, -0.25) is 0 Å². The number of urea groups is 1. The molecule has 1 aromatic rings. The molecule has 4 nitrogen and oxygen atoms in total. The first-order valence-electron chi connectivity index (χ1n) is 5.32. The summed E-state index contributed by atoms with van der Waals surface area (Å²) in [6.45, 7) is -1.83. The van der Waals surface area contributed by atoms with E-state index in [0.717, 1.165) is 0 Å². The molecule has 0 unspecified atom stereocenters. The van der Waals surface area contributed by atoms with Crippen LogP contribution in [0.15, 0.2) is 18.2 Å². The number of hydrogen-bond donors (Lipinski definition) is 3. The Morgan fingerprint density at radius 2 is 2.10 bits per heavy atom. The van der Waals surface area contributed by atoms with Crippen molar-refractivity contribution >= 4 is 23.3 Å². The van der Waals surface area contributed by atoms with Crippen LogP contribution in [-0.4, -0.2) is 30.5 Å². The van der Waals surface area contributed by atoms with Gasteiger partial charge in [0, 0.05) is 10.6 Å². The lowest BCUT2D eigenvalue weighted by Gasteiger charge is -2.11. The number of aliphatic hydroxyl groups excluding tert-OH is 1. The van der Waals surface area contributed by atoms with Crippen LogP contribution in [0.2, 0.25) is 5.02 Å².